The van der Waals surface area contributed by atoms with E-state index in [0.29, 0.717) is 13.1 Å². The molecule has 1 N–H and O–H groups in total. The van der Waals surface area contributed by atoms with Crippen molar-refractivity contribution in [3.63, 3.8) is 0 Å². The molecule has 160 valence electrons. The number of hydrogen-bond donors (Lipinski definition) is 1. The van der Waals surface area contributed by atoms with Crippen LogP contribution in [0.1, 0.15) is 25.7 Å². The van der Waals surface area contributed by atoms with Gasteiger partial charge < -0.3 is 24.8 Å². The highest BCUT2D eigenvalue weighted by Gasteiger charge is 2.22. The molecule has 2 aliphatic heterocycles. The van der Waals surface area contributed by atoms with E-state index < -0.39 is 0 Å². The maximum atomic E-state index is 12.5. The lowest BCUT2D eigenvalue weighted by Gasteiger charge is -2.35. The molecule has 2 saturated heterocycles. The average Bonchev–Trinajstić information content (AvgIpc) is 3.09. The quantitative estimate of drug-likeness (QED) is 0.834. The monoisotopic (exact) mass is 410 g/mol. The smallest absolute Gasteiger partial charge is 0.321 e. The zero-order valence-corrected chi connectivity index (χ0v) is 17.6. The number of hydrogen-bond acceptors (Lipinski definition) is 6. The molecule has 2 amide bonds. The number of methoxy groups -OCH3 is 1. The molecule has 0 atom stereocenters. The van der Waals surface area contributed by atoms with Crippen molar-refractivity contribution in [1.29, 1.82) is 0 Å². The Hall–Kier alpha value is -3.03. The molecule has 30 heavy (non-hydrogen) atoms. The van der Waals surface area contributed by atoms with Gasteiger partial charge in [0.1, 0.15) is 5.75 Å². The first kappa shape index (κ1) is 20.3. The number of nitrogens with zero attached hydrogens (tertiary/aromatic N) is 5. The summed E-state index contributed by atoms with van der Waals surface area (Å²) in [5.74, 6) is 2.62. The summed E-state index contributed by atoms with van der Waals surface area (Å²) in [6.45, 7) is 4.92. The predicted molar refractivity (Wildman–Crippen MR) is 119 cm³/mol. The minimum absolute atomic E-state index is 0.0811. The summed E-state index contributed by atoms with van der Waals surface area (Å²) in [5.41, 5.74) is 0.762. The average molecular weight is 411 g/mol. The standard InChI is InChI=1S/C22H30N6O2/c1-30-19-8-6-18(7-9-19)23-22(29)28-16-14-27(15-17-28)21-11-10-20(24-25-21)26-12-4-2-3-5-13-26/h6-11H,2-5,12-17H2,1H3,(H,23,29). The van der Waals surface area contributed by atoms with Gasteiger partial charge in [-0.3, -0.25) is 0 Å². The van der Waals surface area contributed by atoms with Crippen LogP contribution in [0.5, 0.6) is 5.75 Å². The van der Waals surface area contributed by atoms with Gasteiger partial charge in [-0.05, 0) is 49.2 Å². The van der Waals surface area contributed by atoms with Crippen LogP contribution in [0, 0.1) is 0 Å². The van der Waals surface area contributed by atoms with Crippen molar-refractivity contribution in [2.75, 3.05) is 61.5 Å². The van der Waals surface area contributed by atoms with Gasteiger partial charge in [0.05, 0.1) is 7.11 Å². The largest absolute Gasteiger partial charge is 0.497 e. The Morgan fingerprint density at radius 1 is 0.800 bits per heavy atom. The molecule has 2 fully saturated rings. The summed E-state index contributed by atoms with van der Waals surface area (Å²) in [6.07, 6.45) is 5.06. The molecule has 8 heteroatoms. The second kappa shape index (κ2) is 9.65. The number of urea groups is 1. The Bertz CT molecular complexity index is 811. The van der Waals surface area contributed by atoms with E-state index in [4.69, 9.17) is 4.74 Å². The summed E-state index contributed by atoms with van der Waals surface area (Å²) in [5, 5.41) is 11.9. The van der Waals surface area contributed by atoms with Crippen molar-refractivity contribution < 1.29 is 9.53 Å². The molecule has 4 rings (SSSR count). The number of rotatable bonds is 4. The van der Waals surface area contributed by atoms with Gasteiger partial charge in [-0.1, -0.05) is 12.8 Å². The molecular weight excluding hydrogens is 380 g/mol. The lowest BCUT2D eigenvalue weighted by molar-refractivity contribution is 0.208. The van der Waals surface area contributed by atoms with Gasteiger partial charge in [0.2, 0.25) is 0 Å². The van der Waals surface area contributed by atoms with Crippen molar-refractivity contribution in [2.24, 2.45) is 0 Å². The van der Waals surface area contributed by atoms with Crippen molar-refractivity contribution >= 4 is 23.4 Å². The minimum atomic E-state index is -0.0811. The molecule has 0 unspecified atom stereocenters. The normalized spacial score (nSPS) is 17.4. The molecule has 2 aliphatic rings. The third-order valence-corrected chi connectivity index (χ3v) is 5.80. The van der Waals surface area contributed by atoms with E-state index in [1.54, 1.807) is 7.11 Å². The van der Waals surface area contributed by atoms with E-state index in [1.807, 2.05) is 29.2 Å². The second-order valence-electron chi connectivity index (χ2n) is 7.78. The van der Waals surface area contributed by atoms with Crippen LogP contribution in [0.15, 0.2) is 36.4 Å². The number of nitrogens with one attached hydrogen (secondary N) is 1. The van der Waals surface area contributed by atoms with Crippen LogP contribution >= 0.6 is 0 Å². The van der Waals surface area contributed by atoms with Crippen molar-refractivity contribution in [2.45, 2.75) is 25.7 Å². The maximum Gasteiger partial charge on any atom is 0.321 e. The Balaban J connectivity index is 1.28. The number of anilines is 3. The zero-order valence-electron chi connectivity index (χ0n) is 17.6. The lowest BCUT2D eigenvalue weighted by Crippen LogP contribution is -2.50. The number of ether oxygens (including phenoxy) is 1. The summed E-state index contributed by atoms with van der Waals surface area (Å²) in [6, 6.07) is 11.4. The summed E-state index contributed by atoms with van der Waals surface area (Å²) in [4.78, 5) is 18.9. The van der Waals surface area contributed by atoms with Gasteiger partial charge in [0, 0.05) is 45.0 Å². The van der Waals surface area contributed by atoms with Gasteiger partial charge in [-0.2, -0.15) is 0 Å². The van der Waals surface area contributed by atoms with Crippen LogP contribution in [0.2, 0.25) is 0 Å². The third kappa shape index (κ3) is 4.93. The Labute approximate surface area is 177 Å². The maximum absolute atomic E-state index is 12.5. The van der Waals surface area contributed by atoms with Crippen LogP contribution < -0.4 is 19.9 Å². The molecule has 3 heterocycles. The zero-order chi connectivity index (χ0) is 20.8. The molecule has 0 aliphatic carbocycles. The fourth-order valence-corrected chi connectivity index (χ4v) is 3.97. The van der Waals surface area contributed by atoms with E-state index in [0.717, 1.165) is 49.3 Å². The number of amides is 2. The summed E-state index contributed by atoms with van der Waals surface area (Å²) in [7, 11) is 1.62. The van der Waals surface area contributed by atoms with Gasteiger partial charge >= 0.3 is 6.03 Å². The highest BCUT2D eigenvalue weighted by Crippen LogP contribution is 2.20. The van der Waals surface area contributed by atoms with Gasteiger partial charge in [-0.25, -0.2) is 4.79 Å². The van der Waals surface area contributed by atoms with Gasteiger partial charge in [-0.15, -0.1) is 10.2 Å². The van der Waals surface area contributed by atoms with Crippen LogP contribution in [0.3, 0.4) is 0 Å². The highest BCUT2D eigenvalue weighted by atomic mass is 16.5. The molecule has 0 spiro atoms. The van der Waals surface area contributed by atoms with Gasteiger partial charge in [0.25, 0.3) is 0 Å². The number of benzene rings is 1. The first-order valence-electron chi connectivity index (χ1n) is 10.8. The SMILES string of the molecule is COc1ccc(NC(=O)N2CCN(c3ccc(N4CCCCCC4)nn3)CC2)cc1. The van der Waals surface area contributed by atoms with Gasteiger partial charge in [0.15, 0.2) is 11.6 Å². The molecule has 1 aromatic carbocycles. The van der Waals surface area contributed by atoms with E-state index in [1.165, 1.54) is 25.7 Å². The first-order valence-corrected chi connectivity index (χ1v) is 10.8. The number of aromatic nitrogens is 2. The Morgan fingerprint density at radius 3 is 1.90 bits per heavy atom. The summed E-state index contributed by atoms with van der Waals surface area (Å²) >= 11 is 0. The van der Waals surface area contributed by atoms with Crippen molar-refractivity contribution in [3.8, 4) is 5.75 Å². The minimum Gasteiger partial charge on any atom is -0.497 e. The predicted octanol–water partition coefficient (Wildman–Crippen LogP) is 3.22. The number of carbonyl (C=O) groups is 1. The molecule has 0 saturated carbocycles. The van der Waals surface area contributed by atoms with Crippen molar-refractivity contribution in [3.05, 3.63) is 36.4 Å². The van der Waals surface area contributed by atoms with Crippen molar-refractivity contribution in [1.82, 2.24) is 15.1 Å². The summed E-state index contributed by atoms with van der Waals surface area (Å²) < 4.78 is 5.15. The fraction of sp³-hybridized carbons (Fsp3) is 0.500. The Morgan fingerprint density at radius 2 is 1.37 bits per heavy atom. The molecule has 2 aromatic rings. The number of carbonyl (C=O) groups excluding carboxylic acids is 1. The molecule has 0 radical (unpaired) electrons. The Kier molecular flexibility index (Phi) is 6.51. The van der Waals surface area contributed by atoms with Crippen LogP contribution in [-0.2, 0) is 0 Å². The first-order chi connectivity index (χ1) is 14.7. The highest BCUT2D eigenvalue weighted by molar-refractivity contribution is 5.89. The fourth-order valence-electron chi connectivity index (χ4n) is 3.97. The molecule has 8 nitrogen and oxygen atoms in total. The third-order valence-electron chi connectivity index (χ3n) is 5.80. The topological polar surface area (TPSA) is 73.8 Å². The van der Waals surface area contributed by atoms with E-state index in [2.05, 4.69) is 37.4 Å². The van der Waals surface area contributed by atoms with E-state index >= 15 is 0 Å². The molecular formula is C22H30N6O2. The van der Waals surface area contributed by atoms with E-state index in [9.17, 15) is 4.79 Å². The molecule has 1 aromatic heterocycles. The van der Waals surface area contributed by atoms with E-state index in [-0.39, 0.29) is 6.03 Å². The molecule has 0 bridgehead atoms. The second-order valence-corrected chi connectivity index (χ2v) is 7.78. The van der Waals surface area contributed by atoms with Crippen LogP contribution in [0.25, 0.3) is 0 Å². The van der Waals surface area contributed by atoms with Crippen LogP contribution in [0.4, 0.5) is 22.1 Å². The van der Waals surface area contributed by atoms with Crippen LogP contribution in [-0.4, -0.2) is 67.5 Å². The lowest BCUT2D eigenvalue weighted by atomic mass is 10.2. The number of piperazine rings is 1.